The number of rotatable bonds is 10. The number of phenols is 3. The number of allylic oxidation sites excluding steroid dienone is 2. The van der Waals surface area contributed by atoms with Gasteiger partial charge in [0.2, 0.25) is 5.75 Å². The molecule has 12 aliphatic rings. The number of dihydropyridines is 1. The monoisotopic (exact) mass is 1380 g/mol. The number of ether oxygens (including phenoxy) is 4. The number of H-pyrrole nitrogens is 1. The third kappa shape index (κ3) is 10.9. The molecule has 9 heterocycles. The van der Waals surface area contributed by atoms with E-state index >= 15 is 0 Å². The third-order valence-corrected chi connectivity index (χ3v) is 27.1. The molecule has 5 saturated carbocycles. The van der Waals surface area contributed by atoms with Crippen molar-refractivity contribution >= 4 is 22.8 Å². The molecule has 0 unspecified atom stereocenters. The van der Waals surface area contributed by atoms with Crippen LogP contribution >= 0.6 is 0 Å². The maximum atomic E-state index is 14.2. The zero-order valence-electron chi connectivity index (χ0n) is 58.4. The number of phenolic OH excluding ortho intramolecular Hbond substituents is 3. The number of hydrogen-bond donors (Lipinski definition) is 11. The van der Waals surface area contributed by atoms with Crippen LogP contribution in [0, 0.1) is 81.4 Å². The van der Waals surface area contributed by atoms with Crippen LogP contribution in [0.25, 0.3) is 10.9 Å². The number of aliphatic hydroxyl groups is 1. The van der Waals surface area contributed by atoms with Gasteiger partial charge in [-0.25, -0.2) is 0 Å². The number of aromatic nitrogens is 3. The first kappa shape index (κ1) is 65.4. The Balaban J connectivity index is 0.846. The molecule has 19 nitrogen and oxygen atoms in total. The van der Waals surface area contributed by atoms with Crippen molar-refractivity contribution in [2.24, 2.45) is 68.4 Å². The zero-order valence-corrected chi connectivity index (χ0v) is 58.4. The summed E-state index contributed by atoms with van der Waals surface area (Å²) in [6.07, 6.45) is 25.0. The lowest BCUT2D eigenvalue weighted by atomic mass is 9.55. The number of carbonyl (C=O) groups is 1. The van der Waals surface area contributed by atoms with Gasteiger partial charge in [-0.05, 0) is 189 Å². The molecule has 6 aliphatic carbocycles. The normalized spacial score (nSPS) is 35.8. The Morgan fingerprint density at radius 2 is 1.83 bits per heavy atom. The molecule has 19 atom stereocenters. The van der Waals surface area contributed by atoms with Crippen LogP contribution in [0.2, 0.25) is 0 Å². The predicted octanol–water partition coefficient (Wildman–Crippen LogP) is 10.8. The summed E-state index contributed by atoms with van der Waals surface area (Å²) < 4.78 is 30.6. The fourth-order valence-corrected chi connectivity index (χ4v) is 23.0. The molecule has 2 saturated heterocycles. The highest BCUT2D eigenvalue weighted by molar-refractivity contribution is 5.83. The van der Waals surface area contributed by atoms with Crippen molar-refractivity contribution in [3.63, 3.8) is 0 Å². The van der Waals surface area contributed by atoms with Gasteiger partial charge in [0.25, 0.3) is 0 Å². The Morgan fingerprint density at radius 3 is 2.68 bits per heavy atom. The molecule has 3 aromatic heterocycles. The van der Waals surface area contributed by atoms with Crippen LogP contribution in [0.3, 0.4) is 0 Å². The van der Waals surface area contributed by atoms with E-state index in [4.69, 9.17) is 29.7 Å². The van der Waals surface area contributed by atoms with E-state index in [9.17, 15) is 25.2 Å². The molecule has 7 fully saturated rings. The van der Waals surface area contributed by atoms with E-state index in [1.165, 1.54) is 48.1 Å². The number of aromatic amines is 1. The van der Waals surface area contributed by atoms with Gasteiger partial charge < -0.3 is 75.9 Å². The van der Waals surface area contributed by atoms with Crippen molar-refractivity contribution in [3.8, 4) is 52.4 Å². The van der Waals surface area contributed by atoms with Gasteiger partial charge in [0, 0.05) is 116 Å². The van der Waals surface area contributed by atoms with E-state index in [0.717, 1.165) is 79.8 Å². The molecule has 0 amide bonds. The summed E-state index contributed by atoms with van der Waals surface area (Å²) in [5.74, 6) is 15.3. The van der Waals surface area contributed by atoms with Crippen LogP contribution in [-0.4, -0.2) is 110 Å². The minimum atomic E-state index is -1.12. The fourth-order valence-electron chi connectivity index (χ4n) is 23.0. The number of hydrogen-bond acceptors (Lipinski definition) is 17. The number of guanidine groups is 1. The second-order valence-electron chi connectivity index (χ2n) is 32.4. The average molecular weight is 1380 g/mol. The first-order valence-corrected chi connectivity index (χ1v) is 37.9. The molecule has 102 heavy (non-hydrogen) atoms. The van der Waals surface area contributed by atoms with Crippen molar-refractivity contribution in [2.75, 3.05) is 26.7 Å². The largest absolute Gasteiger partial charge is 0.504 e. The lowest BCUT2D eigenvalue weighted by Gasteiger charge is -2.59. The maximum absolute atomic E-state index is 14.2. The second kappa shape index (κ2) is 25.7. The molecule has 6 aromatic rings. The van der Waals surface area contributed by atoms with E-state index < -0.39 is 65.6 Å². The Bertz CT molecular complexity index is 4450. The molecule has 3 aromatic carbocycles. The summed E-state index contributed by atoms with van der Waals surface area (Å²) in [6.45, 7) is 2.88. The second-order valence-corrected chi connectivity index (χ2v) is 32.4. The number of nitrogens with two attached hydrogens (primary N) is 1. The number of nitrogens with one attached hydrogen (secondary N) is 6. The molecule has 9 bridgehead atoms. The number of carbonyl (C=O) groups excluding carboxylic acids is 1. The van der Waals surface area contributed by atoms with Crippen LogP contribution in [0.5, 0.6) is 28.7 Å². The van der Waals surface area contributed by atoms with Gasteiger partial charge in [-0.1, -0.05) is 79.9 Å². The van der Waals surface area contributed by atoms with Gasteiger partial charge in [0.15, 0.2) is 29.0 Å². The summed E-state index contributed by atoms with van der Waals surface area (Å²) in [5, 5.41) is 70.7. The average Bonchev–Trinajstić information content (AvgIpc) is 1.49. The van der Waals surface area contributed by atoms with Gasteiger partial charge in [0.1, 0.15) is 24.6 Å². The predicted molar refractivity (Wildman–Crippen MR) is 386 cm³/mol. The molecule has 12 N–H and O–H groups in total. The summed E-state index contributed by atoms with van der Waals surface area (Å²) in [5.41, 5.74) is 13.3. The lowest BCUT2D eigenvalue weighted by Crippen LogP contribution is -2.76. The highest BCUT2D eigenvalue weighted by atomic mass is 16.6. The first-order chi connectivity index (χ1) is 49.7. The molecule has 532 valence electrons. The smallest absolute Gasteiger partial charge is 0.302 e. The van der Waals surface area contributed by atoms with Crippen LogP contribution in [0.1, 0.15) is 167 Å². The summed E-state index contributed by atoms with van der Waals surface area (Å²) in [6, 6.07) is 22.1. The van der Waals surface area contributed by atoms with E-state index in [2.05, 4.69) is 121 Å². The minimum Gasteiger partial charge on any atom is -0.504 e. The fraction of sp³-hybridized carbons (Fsp3) is 0.530. The molecule has 0 radical (unpaired) electrons. The topological polar surface area (TPSA) is 267 Å². The number of esters is 1. The molecule has 6 aliphatic heterocycles. The van der Waals surface area contributed by atoms with Gasteiger partial charge in [-0.3, -0.25) is 20.1 Å². The van der Waals surface area contributed by atoms with E-state index in [1.54, 1.807) is 24.5 Å². The van der Waals surface area contributed by atoms with Crippen LogP contribution in [-0.2, 0) is 33.5 Å². The van der Waals surface area contributed by atoms with E-state index in [1.807, 2.05) is 30.5 Å². The molecule has 19 heteroatoms. The number of pyridine rings is 1. The van der Waals surface area contributed by atoms with Crippen LogP contribution in [0.4, 0.5) is 0 Å². The van der Waals surface area contributed by atoms with Gasteiger partial charge in [-0.15, -0.1) is 5.92 Å². The molecular formula is C83H96N10O9. The van der Waals surface area contributed by atoms with Gasteiger partial charge >= 0.3 is 5.97 Å². The summed E-state index contributed by atoms with van der Waals surface area (Å²) >= 11 is 0. The molecule has 2 spiro atoms. The minimum absolute atomic E-state index is 0.0107. The number of aliphatic hydroxyl groups excluding tert-OH is 1. The Kier molecular flexibility index (Phi) is 16.5. The number of benzene rings is 3. The van der Waals surface area contributed by atoms with Gasteiger partial charge in [-0.2, -0.15) is 0 Å². The Hall–Kier alpha value is -8.59. The van der Waals surface area contributed by atoms with Crippen LogP contribution in [0.15, 0.2) is 126 Å². The SMILES string of the molecule is CN[C@@H]1c2c3cccc2[C@H]2CC4(CCCC4)[C@@](CC4=CCNC(N)=C4)(CN=C4N[C@@H](n5cc6cc[nH]c6c5)[C@@H]5[C@@H](O)N[C@@H]6CCCC[C@H]6C#CC[C@@]67Cc8ccc(O)c(c8)O[C@@H]8C[C@H](C3)C[C@]5(N4)[C@@H]8C#C[C@H]6CC[C@H]3[C@@H](OC(C)=O)C[C@@H](c4cc(O)c(O)c(OCCc5cccnc5)c4)O[C@H]37)[C@H]21. The van der Waals surface area contributed by atoms with Crippen LogP contribution < -0.4 is 41.8 Å². The highest BCUT2D eigenvalue weighted by Gasteiger charge is 2.69. The quantitative estimate of drug-likeness (QED) is 0.0346. The number of aliphatic imine (C=N–C) groups is 1. The lowest BCUT2D eigenvalue weighted by molar-refractivity contribution is -0.219. The van der Waals surface area contributed by atoms with E-state index in [0.29, 0.717) is 87.0 Å². The number of fused-ring (bicyclic) bond motifs is 9. The van der Waals surface area contributed by atoms with Crippen molar-refractivity contribution < 1.29 is 44.2 Å². The van der Waals surface area contributed by atoms with Crippen molar-refractivity contribution in [1.29, 1.82) is 0 Å². The van der Waals surface area contributed by atoms with E-state index in [-0.39, 0.29) is 88.5 Å². The number of aromatic hydroxyl groups is 3. The summed E-state index contributed by atoms with van der Waals surface area (Å²) in [4.78, 5) is 27.5. The van der Waals surface area contributed by atoms with Gasteiger partial charge in [0.05, 0.1) is 47.5 Å². The first-order valence-electron chi connectivity index (χ1n) is 37.9. The van der Waals surface area contributed by atoms with Crippen molar-refractivity contribution in [1.82, 2.24) is 41.1 Å². The third-order valence-electron chi connectivity index (χ3n) is 27.1. The summed E-state index contributed by atoms with van der Waals surface area (Å²) in [7, 11) is 2.18. The Labute approximate surface area is 596 Å². The highest BCUT2D eigenvalue weighted by Crippen LogP contribution is 2.75. The van der Waals surface area contributed by atoms with Crippen molar-refractivity contribution in [2.45, 2.75) is 189 Å². The Morgan fingerprint density at radius 1 is 0.941 bits per heavy atom. The number of nitrogens with zero attached hydrogens (tertiary/aromatic N) is 3. The van der Waals surface area contributed by atoms with Crippen molar-refractivity contribution in [3.05, 3.63) is 155 Å². The maximum Gasteiger partial charge on any atom is 0.302 e. The standard InChI is InChI=1S/C83H96N10O9/c1-47(94)100-66-38-65(55-36-64(96)75(97)69(37-55)99-31-24-48-10-9-28-86-43-48)102-76-58(66)19-17-56-18-20-60-67-34-51-32-53-12-7-14-57-59-42-80(25-5-6-26-80)82(72(59)74(85-2)71(53)57,40-50-22-29-88-70(84)35-50)46-89-79-91-77(93-44-54-23-30-87-62(54)45-93)73(83(60,41-51)92-79)78(98)90-61-15-4-3-11-52(61)13-8-27-81(56,76)39-49-16-21-63(95)68(33-49)101-67/h7,9-10,12,14,16,21-23,28,30,33,35-37,43-45,51-52,56,58-61,65-67,72-74,76-78,85,87-88,90,95-98H,3-6,11,15,17,19,24-27,29,31-32,34,38-42,46,84H2,1-2H3,(H2,89,91,92)/t51-,52-,56+,58-,59+,60+,61+,65-,66-,67+,72+,73+,74+,76+,77-,78+,81+,82-,83-/m0/s1. The molecular weight excluding hydrogens is 1280 g/mol. The molecule has 18 rings (SSSR count). The zero-order chi connectivity index (χ0) is 69.2.